The molecule has 0 radical (unpaired) electrons. The number of likely N-dealkylation sites (tertiary alicyclic amines) is 1. The summed E-state index contributed by atoms with van der Waals surface area (Å²) in [6.45, 7) is 8.28. The molecule has 1 aliphatic heterocycles. The largest absolute Gasteiger partial charge is 0.444 e. The van der Waals surface area contributed by atoms with Crippen molar-refractivity contribution in [2.45, 2.75) is 77.1 Å². The van der Waals surface area contributed by atoms with Crippen LogP contribution in [-0.4, -0.2) is 51.5 Å². The Morgan fingerprint density at radius 3 is 2.36 bits per heavy atom. The number of aromatic nitrogens is 1. The highest BCUT2D eigenvalue weighted by molar-refractivity contribution is 5.94. The lowest BCUT2D eigenvalue weighted by Crippen LogP contribution is -2.46. The Morgan fingerprint density at radius 2 is 1.72 bits per heavy atom. The van der Waals surface area contributed by atoms with Crippen molar-refractivity contribution in [3.8, 4) is 0 Å². The molecule has 7 heteroatoms. The van der Waals surface area contributed by atoms with E-state index < -0.39 is 5.60 Å². The maximum atomic E-state index is 13.4. The second-order valence-corrected chi connectivity index (χ2v) is 11.5. The lowest BCUT2D eigenvalue weighted by Gasteiger charge is -2.35. The summed E-state index contributed by atoms with van der Waals surface area (Å²) in [7, 11) is 1.76. The maximum absolute atomic E-state index is 13.4. The summed E-state index contributed by atoms with van der Waals surface area (Å²) in [5.74, 6) is 0.540. The first-order chi connectivity index (χ1) is 18.5. The van der Waals surface area contributed by atoms with Gasteiger partial charge in [0.15, 0.2) is 0 Å². The van der Waals surface area contributed by atoms with Gasteiger partial charge in [-0.2, -0.15) is 0 Å². The Labute approximate surface area is 232 Å². The Morgan fingerprint density at radius 1 is 1.03 bits per heavy atom. The molecule has 7 nitrogen and oxygen atoms in total. The highest BCUT2D eigenvalue weighted by Gasteiger charge is 2.41. The first-order valence-electron chi connectivity index (χ1n) is 13.6. The van der Waals surface area contributed by atoms with Crippen LogP contribution in [0.5, 0.6) is 0 Å². The highest BCUT2D eigenvalue weighted by Crippen LogP contribution is 2.37. The van der Waals surface area contributed by atoms with Crippen LogP contribution in [0.15, 0.2) is 72.8 Å². The number of nitrogens with two attached hydrogens (primary N) is 1. The molecule has 0 spiro atoms. The monoisotopic (exact) mass is 528 g/mol. The fraction of sp³-hybridized carbons (Fsp3) is 0.406. The van der Waals surface area contributed by atoms with Gasteiger partial charge in [-0.3, -0.25) is 4.79 Å². The van der Waals surface area contributed by atoms with Gasteiger partial charge in [-0.15, -0.1) is 0 Å². The zero-order valence-corrected chi connectivity index (χ0v) is 23.6. The van der Waals surface area contributed by atoms with Crippen LogP contribution in [0.2, 0.25) is 0 Å². The third-order valence-electron chi connectivity index (χ3n) is 7.30. The number of hydrogen-bond acceptors (Lipinski definition) is 5. The number of carbonyl (C=O) groups is 2. The minimum atomic E-state index is -0.570. The number of anilines is 1. The second kappa shape index (κ2) is 11.9. The van der Waals surface area contributed by atoms with E-state index in [1.54, 1.807) is 18.0 Å². The Bertz CT molecular complexity index is 1270. The lowest BCUT2D eigenvalue weighted by molar-refractivity contribution is 0.0126. The van der Waals surface area contributed by atoms with E-state index in [4.69, 9.17) is 10.5 Å². The number of benzene rings is 2. The van der Waals surface area contributed by atoms with E-state index in [2.05, 4.69) is 24.0 Å². The van der Waals surface area contributed by atoms with Crippen molar-refractivity contribution >= 4 is 17.8 Å². The fourth-order valence-corrected chi connectivity index (χ4v) is 5.36. The first-order valence-corrected chi connectivity index (χ1v) is 13.6. The molecule has 1 saturated heterocycles. The molecule has 1 aromatic heterocycles. The average molecular weight is 529 g/mol. The molecule has 1 fully saturated rings. The second-order valence-electron chi connectivity index (χ2n) is 11.5. The summed E-state index contributed by atoms with van der Waals surface area (Å²) in [6.07, 6.45) is 2.26. The van der Waals surface area contributed by atoms with Gasteiger partial charge in [0.25, 0.3) is 5.91 Å². The molecule has 3 atom stereocenters. The number of ether oxygens (including phenoxy) is 1. The van der Waals surface area contributed by atoms with Crippen LogP contribution in [0.25, 0.3) is 0 Å². The standard InChI is InChI=1S/C32H40N4O3/c1-22(24-10-7-6-8-11-24)28-19-18-27(36(28)31(38)39-32(2,3)4)20-23-14-16-25(17-15-23)30(37)35(5)21-26-12-9-13-29(33)34-26/h6-17,22,27-28H,18-21H2,1-5H3,(H2,33,34)/t22-,27?,28-/m1/s1. The summed E-state index contributed by atoms with van der Waals surface area (Å²) in [4.78, 5) is 34.3. The van der Waals surface area contributed by atoms with Gasteiger partial charge >= 0.3 is 6.09 Å². The van der Waals surface area contributed by atoms with E-state index in [1.807, 2.05) is 80.3 Å². The molecule has 1 aliphatic rings. The number of carbonyl (C=O) groups excluding carboxylic acids is 2. The van der Waals surface area contributed by atoms with E-state index in [-0.39, 0.29) is 30.0 Å². The number of nitrogens with zero attached hydrogens (tertiary/aromatic N) is 3. The number of amides is 2. The maximum Gasteiger partial charge on any atom is 0.410 e. The van der Waals surface area contributed by atoms with Crippen molar-refractivity contribution in [3.63, 3.8) is 0 Å². The molecular formula is C32H40N4O3. The van der Waals surface area contributed by atoms with E-state index in [9.17, 15) is 9.59 Å². The number of nitrogen functional groups attached to an aromatic ring is 1. The van der Waals surface area contributed by atoms with Crippen LogP contribution in [0, 0.1) is 0 Å². The molecule has 206 valence electrons. The van der Waals surface area contributed by atoms with Crippen LogP contribution in [0.3, 0.4) is 0 Å². The number of pyridine rings is 1. The van der Waals surface area contributed by atoms with Crippen molar-refractivity contribution in [2.75, 3.05) is 12.8 Å². The molecule has 39 heavy (non-hydrogen) atoms. The van der Waals surface area contributed by atoms with E-state index >= 15 is 0 Å². The Hall–Kier alpha value is -3.87. The molecular weight excluding hydrogens is 488 g/mol. The van der Waals surface area contributed by atoms with Crippen LogP contribution < -0.4 is 5.73 Å². The zero-order chi connectivity index (χ0) is 28.2. The molecule has 0 aliphatic carbocycles. The first kappa shape index (κ1) is 28.1. The molecule has 2 heterocycles. The molecule has 0 saturated carbocycles. The van der Waals surface area contributed by atoms with Crippen molar-refractivity contribution in [1.29, 1.82) is 0 Å². The van der Waals surface area contributed by atoms with Gasteiger partial charge in [0.1, 0.15) is 11.4 Å². The van der Waals surface area contributed by atoms with Crippen molar-refractivity contribution < 1.29 is 14.3 Å². The predicted molar refractivity (Wildman–Crippen MR) is 154 cm³/mol. The van der Waals surface area contributed by atoms with Gasteiger partial charge in [0.2, 0.25) is 0 Å². The third kappa shape index (κ3) is 7.16. The minimum absolute atomic E-state index is 0.0230. The SMILES string of the molecule is C[C@H](c1ccccc1)[C@H]1CCC(Cc2ccc(C(=O)N(C)Cc3cccc(N)n3)cc2)N1C(=O)OC(C)(C)C. The van der Waals surface area contributed by atoms with Crippen LogP contribution in [0.4, 0.5) is 10.6 Å². The van der Waals surface area contributed by atoms with Gasteiger partial charge in [0, 0.05) is 30.6 Å². The van der Waals surface area contributed by atoms with E-state index in [1.165, 1.54) is 5.56 Å². The lowest BCUT2D eigenvalue weighted by atomic mass is 9.92. The molecule has 2 aromatic carbocycles. The zero-order valence-electron chi connectivity index (χ0n) is 23.6. The molecule has 0 bridgehead atoms. The topological polar surface area (TPSA) is 88.8 Å². The molecule has 3 aromatic rings. The normalized spacial score (nSPS) is 18.0. The van der Waals surface area contributed by atoms with E-state index in [0.717, 1.165) is 24.1 Å². The predicted octanol–water partition coefficient (Wildman–Crippen LogP) is 6.05. The summed E-state index contributed by atoms with van der Waals surface area (Å²) < 4.78 is 5.86. The Kier molecular flexibility index (Phi) is 8.58. The van der Waals surface area contributed by atoms with Crippen molar-refractivity contribution in [3.05, 3.63) is 95.2 Å². The van der Waals surface area contributed by atoms with Gasteiger partial charge in [0.05, 0.1) is 12.2 Å². The molecule has 2 N–H and O–H groups in total. The highest BCUT2D eigenvalue weighted by atomic mass is 16.6. The minimum Gasteiger partial charge on any atom is -0.444 e. The molecule has 1 unspecified atom stereocenters. The summed E-state index contributed by atoms with van der Waals surface area (Å²) in [5, 5.41) is 0. The summed E-state index contributed by atoms with van der Waals surface area (Å²) >= 11 is 0. The van der Waals surface area contributed by atoms with Gasteiger partial charge in [-0.25, -0.2) is 9.78 Å². The quantitative estimate of drug-likeness (QED) is 0.403. The van der Waals surface area contributed by atoms with Gasteiger partial charge < -0.3 is 20.3 Å². The fourth-order valence-electron chi connectivity index (χ4n) is 5.36. The van der Waals surface area contributed by atoms with Gasteiger partial charge in [-0.05, 0) is 75.4 Å². The Balaban J connectivity index is 1.47. The van der Waals surface area contributed by atoms with Crippen LogP contribution >= 0.6 is 0 Å². The van der Waals surface area contributed by atoms with Crippen LogP contribution in [0.1, 0.15) is 73.6 Å². The average Bonchev–Trinajstić information content (AvgIpc) is 3.31. The van der Waals surface area contributed by atoms with Crippen molar-refractivity contribution in [1.82, 2.24) is 14.8 Å². The van der Waals surface area contributed by atoms with Crippen molar-refractivity contribution in [2.24, 2.45) is 0 Å². The number of rotatable bonds is 7. The number of hydrogen-bond donors (Lipinski definition) is 1. The third-order valence-corrected chi connectivity index (χ3v) is 7.30. The molecule has 2 amide bonds. The van der Waals surface area contributed by atoms with Gasteiger partial charge in [-0.1, -0.05) is 55.5 Å². The summed E-state index contributed by atoms with van der Waals surface area (Å²) in [6, 6.07) is 23.5. The molecule has 4 rings (SSSR count). The smallest absolute Gasteiger partial charge is 0.410 e. The summed E-state index contributed by atoms with van der Waals surface area (Å²) in [5.41, 5.74) is 8.85. The van der Waals surface area contributed by atoms with E-state index in [0.29, 0.717) is 24.3 Å². The van der Waals surface area contributed by atoms with Crippen LogP contribution in [-0.2, 0) is 17.7 Å².